The Balaban J connectivity index is 2.42. The summed E-state index contributed by atoms with van der Waals surface area (Å²) in [5, 5.41) is 0. The van der Waals surface area contributed by atoms with Gasteiger partial charge in [0, 0.05) is 13.1 Å². The lowest BCUT2D eigenvalue weighted by Crippen LogP contribution is -2.43. The minimum Gasteiger partial charge on any atom is -0.379 e. The highest BCUT2D eigenvalue weighted by Gasteiger charge is 2.16. The molecule has 1 heterocycles. The summed E-state index contributed by atoms with van der Waals surface area (Å²) in [7, 11) is 0. The van der Waals surface area contributed by atoms with Crippen molar-refractivity contribution in [3.05, 3.63) is 12.7 Å². The summed E-state index contributed by atoms with van der Waals surface area (Å²) in [6.07, 6.45) is 2.58. The number of carbonyl (C=O) groups excluding carboxylic acids is 1. The number of morpholine rings is 1. The third kappa shape index (κ3) is 2.13. The Morgan fingerprint density at radius 1 is 1.45 bits per heavy atom. The SMILES string of the molecule is C=CC(C=O)N1CCOCC1. The molecule has 62 valence electrons. The fraction of sp³-hybridized carbons (Fsp3) is 0.625. The van der Waals surface area contributed by atoms with Crippen molar-refractivity contribution in [1.82, 2.24) is 4.90 Å². The van der Waals surface area contributed by atoms with E-state index in [2.05, 4.69) is 11.5 Å². The molecule has 0 bridgehead atoms. The van der Waals surface area contributed by atoms with Crippen molar-refractivity contribution in [2.45, 2.75) is 6.04 Å². The first-order chi connectivity index (χ1) is 5.38. The van der Waals surface area contributed by atoms with Gasteiger partial charge in [0.05, 0.1) is 19.3 Å². The first kappa shape index (κ1) is 8.43. The van der Waals surface area contributed by atoms with Crippen molar-refractivity contribution in [2.24, 2.45) is 0 Å². The molecule has 3 nitrogen and oxygen atoms in total. The molecule has 0 aliphatic carbocycles. The average Bonchev–Trinajstić information content (AvgIpc) is 2.09. The van der Waals surface area contributed by atoms with E-state index < -0.39 is 0 Å². The molecule has 0 aromatic carbocycles. The molecule has 0 aromatic rings. The Labute approximate surface area is 66.6 Å². The molecule has 1 saturated heterocycles. The van der Waals surface area contributed by atoms with Crippen LogP contribution in [0, 0.1) is 0 Å². The quantitative estimate of drug-likeness (QED) is 0.427. The Kier molecular flexibility index (Phi) is 3.26. The highest BCUT2D eigenvalue weighted by Crippen LogP contribution is 2.02. The zero-order valence-corrected chi connectivity index (χ0v) is 6.53. The van der Waals surface area contributed by atoms with Gasteiger partial charge in [0.2, 0.25) is 0 Å². The Hall–Kier alpha value is -0.670. The summed E-state index contributed by atoms with van der Waals surface area (Å²) in [6, 6.07) is -0.126. The van der Waals surface area contributed by atoms with E-state index in [1.807, 2.05) is 0 Å². The second kappa shape index (κ2) is 4.26. The van der Waals surface area contributed by atoms with Crippen LogP contribution >= 0.6 is 0 Å². The van der Waals surface area contributed by atoms with Gasteiger partial charge < -0.3 is 9.53 Å². The van der Waals surface area contributed by atoms with E-state index in [-0.39, 0.29) is 6.04 Å². The molecular formula is C8H13NO2. The summed E-state index contributed by atoms with van der Waals surface area (Å²) in [5.41, 5.74) is 0. The van der Waals surface area contributed by atoms with Crippen molar-refractivity contribution in [3.8, 4) is 0 Å². The largest absolute Gasteiger partial charge is 0.379 e. The summed E-state index contributed by atoms with van der Waals surface area (Å²) in [4.78, 5) is 12.5. The van der Waals surface area contributed by atoms with Crippen LogP contribution in [0.2, 0.25) is 0 Å². The molecule has 1 aliphatic rings. The molecule has 1 rings (SSSR count). The molecule has 3 heteroatoms. The maximum Gasteiger partial charge on any atom is 0.141 e. The number of aldehydes is 1. The fourth-order valence-electron chi connectivity index (χ4n) is 1.17. The van der Waals surface area contributed by atoms with Crippen LogP contribution in [0.3, 0.4) is 0 Å². The van der Waals surface area contributed by atoms with Crippen LogP contribution in [0.15, 0.2) is 12.7 Å². The predicted octanol–water partition coefficient (Wildman–Crippen LogP) is 0.0721. The molecule has 1 aliphatic heterocycles. The van der Waals surface area contributed by atoms with Crippen molar-refractivity contribution in [2.75, 3.05) is 26.3 Å². The molecule has 0 amide bonds. The van der Waals surface area contributed by atoms with E-state index in [1.54, 1.807) is 6.08 Å². The van der Waals surface area contributed by atoms with Gasteiger partial charge in [0.25, 0.3) is 0 Å². The lowest BCUT2D eigenvalue weighted by molar-refractivity contribution is -0.112. The number of carbonyl (C=O) groups is 1. The van der Waals surface area contributed by atoms with Crippen molar-refractivity contribution >= 4 is 6.29 Å². The first-order valence-corrected chi connectivity index (χ1v) is 3.78. The van der Waals surface area contributed by atoms with Crippen LogP contribution in [0.5, 0.6) is 0 Å². The first-order valence-electron chi connectivity index (χ1n) is 3.78. The van der Waals surface area contributed by atoms with Crippen LogP contribution in [0.25, 0.3) is 0 Å². The summed E-state index contributed by atoms with van der Waals surface area (Å²) >= 11 is 0. The number of nitrogens with zero attached hydrogens (tertiary/aromatic N) is 1. The van der Waals surface area contributed by atoms with E-state index in [0.717, 1.165) is 32.6 Å². The molecule has 1 unspecified atom stereocenters. The highest BCUT2D eigenvalue weighted by molar-refractivity contribution is 5.60. The normalized spacial score (nSPS) is 22.5. The smallest absolute Gasteiger partial charge is 0.141 e. The summed E-state index contributed by atoms with van der Waals surface area (Å²) < 4.78 is 5.15. The standard InChI is InChI=1S/C8H13NO2/c1-2-8(7-10)9-3-5-11-6-4-9/h2,7-8H,1,3-6H2. The average molecular weight is 155 g/mol. The van der Waals surface area contributed by atoms with E-state index >= 15 is 0 Å². The van der Waals surface area contributed by atoms with Gasteiger partial charge in [0.15, 0.2) is 0 Å². The molecule has 0 saturated carbocycles. The maximum atomic E-state index is 10.5. The molecule has 11 heavy (non-hydrogen) atoms. The van der Waals surface area contributed by atoms with Crippen molar-refractivity contribution in [3.63, 3.8) is 0 Å². The van der Waals surface area contributed by atoms with Gasteiger partial charge in [-0.05, 0) is 0 Å². The van der Waals surface area contributed by atoms with Gasteiger partial charge in [-0.25, -0.2) is 0 Å². The zero-order valence-electron chi connectivity index (χ0n) is 6.53. The predicted molar refractivity (Wildman–Crippen MR) is 42.4 cm³/mol. The van der Waals surface area contributed by atoms with Gasteiger partial charge >= 0.3 is 0 Å². The van der Waals surface area contributed by atoms with Gasteiger partial charge in [-0.15, -0.1) is 6.58 Å². The second-order valence-corrected chi connectivity index (χ2v) is 2.51. The molecule has 0 N–H and O–H groups in total. The van der Waals surface area contributed by atoms with E-state index in [9.17, 15) is 4.79 Å². The Bertz CT molecular complexity index is 133. The van der Waals surface area contributed by atoms with E-state index in [0.29, 0.717) is 0 Å². The number of rotatable bonds is 3. The van der Waals surface area contributed by atoms with Crippen LogP contribution in [-0.4, -0.2) is 43.5 Å². The van der Waals surface area contributed by atoms with Gasteiger partial charge in [-0.1, -0.05) is 6.08 Å². The lowest BCUT2D eigenvalue weighted by atomic mass is 10.2. The van der Waals surface area contributed by atoms with Crippen molar-refractivity contribution in [1.29, 1.82) is 0 Å². The van der Waals surface area contributed by atoms with Crippen LogP contribution < -0.4 is 0 Å². The second-order valence-electron chi connectivity index (χ2n) is 2.51. The van der Waals surface area contributed by atoms with E-state index in [1.165, 1.54) is 0 Å². The highest BCUT2D eigenvalue weighted by atomic mass is 16.5. The topological polar surface area (TPSA) is 29.5 Å². The molecule has 0 aromatic heterocycles. The van der Waals surface area contributed by atoms with Gasteiger partial charge in [0.1, 0.15) is 6.29 Å². The Morgan fingerprint density at radius 2 is 2.09 bits per heavy atom. The molecular weight excluding hydrogens is 142 g/mol. The fourth-order valence-corrected chi connectivity index (χ4v) is 1.17. The summed E-state index contributed by atoms with van der Waals surface area (Å²) in [5.74, 6) is 0. The molecule has 1 fully saturated rings. The monoisotopic (exact) mass is 155 g/mol. The maximum absolute atomic E-state index is 10.5. The third-order valence-corrected chi connectivity index (χ3v) is 1.85. The number of hydrogen-bond acceptors (Lipinski definition) is 3. The van der Waals surface area contributed by atoms with Crippen molar-refractivity contribution < 1.29 is 9.53 Å². The third-order valence-electron chi connectivity index (χ3n) is 1.85. The molecule has 1 atom stereocenters. The zero-order chi connectivity index (χ0) is 8.10. The minimum atomic E-state index is -0.126. The number of hydrogen-bond donors (Lipinski definition) is 0. The molecule has 0 radical (unpaired) electrons. The van der Waals surface area contributed by atoms with Crippen LogP contribution in [-0.2, 0) is 9.53 Å². The van der Waals surface area contributed by atoms with Crippen LogP contribution in [0.4, 0.5) is 0 Å². The Morgan fingerprint density at radius 3 is 2.55 bits per heavy atom. The van der Waals surface area contributed by atoms with E-state index in [4.69, 9.17) is 4.74 Å². The van der Waals surface area contributed by atoms with Crippen LogP contribution in [0.1, 0.15) is 0 Å². The summed E-state index contributed by atoms with van der Waals surface area (Å²) in [6.45, 7) is 6.69. The number of ether oxygens (including phenoxy) is 1. The van der Waals surface area contributed by atoms with Gasteiger partial charge in [-0.2, -0.15) is 0 Å². The van der Waals surface area contributed by atoms with Gasteiger partial charge in [-0.3, -0.25) is 4.90 Å². The molecule has 0 spiro atoms. The minimum absolute atomic E-state index is 0.126. The lowest BCUT2D eigenvalue weighted by Gasteiger charge is -2.29.